The third-order valence-corrected chi connectivity index (χ3v) is 3.33. The second kappa shape index (κ2) is 6.35. The average Bonchev–Trinajstić information content (AvgIpc) is 2.92. The largest absolute Gasteiger partial charge is 0.497 e. The van der Waals surface area contributed by atoms with Crippen molar-refractivity contribution in [1.29, 1.82) is 5.26 Å². The van der Waals surface area contributed by atoms with E-state index in [2.05, 4.69) is 6.07 Å². The van der Waals surface area contributed by atoms with Crippen molar-refractivity contribution in [3.05, 3.63) is 29.8 Å². The van der Waals surface area contributed by atoms with Crippen LogP contribution >= 0.6 is 0 Å². The molecule has 0 spiro atoms. The predicted octanol–water partition coefficient (Wildman–Crippen LogP) is 2.44. The quantitative estimate of drug-likeness (QED) is 0.815. The number of ketones is 1. The van der Waals surface area contributed by atoms with Gasteiger partial charge in [0.15, 0.2) is 5.78 Å². The molecule has 0 bridgehead atoms. The van der Waals surface area contributed by atoms with Crippen molar-refractivity contribution in [2.24, 2.45) is 0 Å². The zero-order valence-corrected chi connectivity index (χ0v) is 11.0. The molecule has 0 radical (unpaired) electrons. The molecule has 0 amide bonds. The van der Waals surface area contributed by atoms with Crippen molar-refractivity contribution in [3.8, 4) is 11.8 Å². The third kappa shape index (κ3) is 3.33. The average molecular weight is 259 g/mol. The van der Waals surface area contributed by atoms with Gasteiger partial charge in [-0.15, -0.1) is 0 Å². The summed E-state index contributed by atoms with van der Waals surface area (Å²) in [6.45, 7) is 0.717. The number of hydrogen-bond donors (Lipinski definition) is 0. The standard InChI is InChI=1S/C15H17NO3/c1-18-12-5-2-4-11(8-12)14(10-16)15(17)9-13-6-3-7-19-13/h2,4-5,8,13-14H,3,6-7,9H2,1H3. The number of carbonyl (C=O) groups is 1. The highest BCUT2D eigenvalue weighted by Gasteiger charge is 2.26. The molecule has 4 heteroatoms. The van der Waals surface area contributed by atoms with Crippen molar-refractivity contribution < 1.29 is 14.3 Å². The molecule has 2 unspecified atom stereocenters. The van der Waals surface area contributed by atoms with E-state index in [1.807, 2.05) is 0 Å². The lowest BCUT2D eigenvalue weighted by Gasteiger charge is -2.13. The summed E-state index contributed by atoms with van der Waals surface area (Å²) in [5.74, 6) is -0.162. The first-order valence-corrected chi connectivity index (χ1v) is 6.42. The Bertz CT molecular complexity index is 486. The number of nitrogens with zero attached hydrogens (tertiary/aromatic N) is 1. The van der Waals surface area contributed by atoms with Gasteiger partial charge < -0.3 is 9.47 Å². The van der Waals surface area contributed by atoms with E-state index in [-0.39, 0.29) is 11.9 Å². The zero-order chi connectivity index (χ0) is 13.7. The Morgan fingerprint density at radius 2 is 2.47 bits per heavy atom. The Labute approximate surface area is 112 Å². The summed E-state index contributed by atoms with van der Waals surface area (Å²) in [4.78, 5) is 12.2. The lowest BCUT2D eigenvalue weighted by Crippen LogP contribution is -2.18. The number of rotatable bonds is 5. The van der Waals surface area contributed by atoms with E-state index in [0.29, 0.717) is 24.3 Å². The Balaban J connectivity index is 2.09. The van der Waals surface area contributed by atoms with Crippen molar-refractivity contribution in [3.63, 3.8) is 0 Å². The lowest BCUT2D eigenvalue weighted by molar-refractivity contribution is -0.121. The molecule has 0 aliphatic carbocycles. The lowest BCUT2D eigenvalue weighted by atomic mass is 9.92. The molecule has 0 aromatic heterocycles. The number of nitriles is 1. The Morgan fingerprint density at radius 1 is 1.63 bits per heavy atom. The zero-order valence-electron chi connectivity index (χ0n) is 11.0. The maximum atomic E-state index is 12.2. The van der Waals surface area contributed by atoms with Crippen LogP contribution in [0, 0.1) is 11.3 Å². The van der Waals surface area contributed by atoms with Crippen LogP contribution in [0.5, 0.6) is 5.75 Å². The van der Waals surface area contributed by atoms with Crippen molar-refractivity contribution in [2.75, 3.05) is 13.7 Å². The van der Waals surface area contributed by atoms with E-state index in [4.69, 9.17) is 9.47 Å². The third-order valence-electron chi connectivity index (χ3n) is 3.33. The minimum Gasteiger partial charge on any atom is -0.497 e. The number of carbonyl (C=O) groups excluding carboxylic acids is 1. The molecule has 1 aromatic carbocycles. The van der Waals surface area contributed by atoms with Crippen LogP contribution in [-0.4, -0.2) is 25.6 Å². The molecule has 2 atom stereocenters. The molecule has 1 saturated heterocycles. The summed E-state index contributed by atoms with van der Waals surface area (Å²) < 4.78 is 10.6. The fraction of sp³-hybridized carbons (Fsp3) is 0.467. The van der Waals surface area contributed by atoms with E-state index < -0.39 is 5.92 Å². The number of benzene rings is 1. The first-order chi connectivity index (χ1) is 9.24. The van der Waals surface area contributed by atoms with Gasteiger partial charge in [-0.2, -0.15) is 5.26 Å². The van der Waals surface area contributed by atoms with Crippen LogP contribution in [0.4, 0.5) is 0 Å². The molecule has 0 N–H and O–H groups in total. The normalized spacial score (nSPS) is 19.7. The van der Waals surface area contributed by atoms with Gasteiger partial charge >= 0.3 is 0 Å². The van der Waals surface area contributed by atoms with Gasteiger partial charge in [-0.1, -0.05) is 12.1 Å². The first kappa shape index (κ1) is 13.6. The number of Topliss-reactive ketones (excluding diaryl/α,β-unsaturated/α-hetero) is 1. The number of ether oxygens (including phenoxy) is 2. The predicted molar refractivity (Wildman–Crippen MR) is 69.9 cm³/mol. The highest BCUT2D eigenvalue weighted by Crippen LogP contribution is 2.25. The molecule has 1 fully saturated rings. The molecule has 1 aliphatic heterocycles. The summed E-state index contributed by atoms with van der Waals surface area (Å²) in [6.07, 6.45) is 2.19. The molecule has 100 valence electrons. The highest BCUT2D eigenvalue weighted by molar-refractivity contribution is 5.88. The topological polar surface area (TPSA) is 59.3 Å². The molecular formula is C15H17NO3. The molecule has 1 aromatic rings. The van der Waals surface area contributed by atoms with Gasteiger partial charge in [-0.05, 0) is 30.5 Å². The summed E-state index contributed by atoms with van der Waals surface area (Å²) in [7, 11) is 1.56. The second-order valence-corrected chi connectivity index (χ2v) is 4.64. The van der Waals surface area contributed by atoms with E-state index in [9.17, 15) is 10.1 Å². The molecular weight excluding hydrogens is 242 g/mol. The van der Waals surface area contributed by atoms with E-state index >= 15 is 0 Å². The fourth-order valence-electron chi connectivity index (χ4n) is 2.30. The van der Waals surface area contributed by atoms with E-state index in [0.717, 1.165) is 12.8 Å². The van der Waals surface area contributed by atoms with Crippen LogP contribution in [0.15, 0.2) is 24.3 Å². The molecule has 2 rings (SSSR count). The minimum atomic E-state index is -0.737. The van der Waals surface area contributed by atoms with E-state index in [1.165, 1.54) is 0 Å². The second-order valence-electron chi connectivity index (χ2n) is 4.64. The summed E-state index contributed by atoms with van der Waals surface area (Å²) in [5, 5.41) is 9.23. The van der Waals surface area contributed by atoms with Crippen molar-refractivity contribution in [2.45, 2.75) is 31.3 Å². The maximum Gasteiger partial charge on any atom is 0.157 e. The van der Waals surface area contributed by atoms with Gasteiger partial charge in [0.25, 0.3) is 0 Å². The fourth-order valence-corrected chi connectivity index (χ4v) is 2.30. The van der Waals surface area contributed by atoms with Crippen LogP contribution in [0.3, 0.4) is 0 Å². The van der Waals surface area contributed by atoms with Crippen LogP contribution in [-0.2, 0) is 9.53 Å². The van der Waals surface area contributed by atoms with Gasteiger partial charge in [-0.3, -0.25) is 4.79 Å². The van der Waals surface area contributed by atoms with Crippen LogP contribution < -0.4 is 4.74 Å². The SMILES string of the molecule is COc1cccc(C(C#N)C(=O)CC2CCCO2)c1. The van der Waals surface area contributed by atoms with Crippen LogP contribution in [0.1, 0.15) is 30.7 Å². The van der Waals surface area contributed by atoms with Gasteiger partial charge in [0, 0.05) is 13.0 Å². The Kier molecular flexibility index (Phi) is 4.53. The smallest absolute Gasteiger partial charge is 0.157 e. The molecule has 4 nitrogen and oxygen atoms in total. The van der Waals surface area contributed by atoms with E-state index in [1.54, 1.807) is 31.4 Å². The summed E-state index contributed by atoms with van der Waals surface area (Å²) >= 11 is 0. The van der Waals surface area contributed by atoms with Gasteiger partial charge in [0.1, 0.15) is 11.7 Å². The highest BCUT2D eigenvalue weighted by atomic mass is 16.5. The number of hydrogen-bond acceptors (Lipinski definition) is 4. The maximum absolute atomic E-state index is 12.2. The van der Waals surface area contributed by atoms with Gasteiger partial charge in [0.05, 0.1) is 19.3 Å². The van der Waals surface area contributed by atoms with Gasteiger partial charge in [-0.25, -0.2) is 0 Å². The van der Waals surface area contributed by atoms with Crippen LogP contribution in [0.25, 0.3) is 0 Å². The summed E-state index contributed by atoms with van der Waals surface area (Å²) in [5.41, 5.74) is 0.685. The molecule has 1 heterocycles. The Morgan fingerprint density at radius 3 is 3.11 bits per heavy atom. The molecule has 1 aliphatic rings. The molecule has 19 heavy (non-hydrogen) atoms. The first-order valence-electron chi connectivity index (χ1n) is 6.42. The number of methoxy groups -OCH3 is 1. The Hall–Kier alpha value is -1.86. The minimum absolute atomic E-state index is 0.0195. The van der Waals surface area contributed by atoms with Crippen LogP contribution in [0.2, 0.25) is 0 Å². The monoisotopic (exact) mass is 259 g/mol. The molecule has 0 saturated carbocycles. The van der Waals surface area contributed by atoms with Crippen molar-refractivity contribution in [1.82, 2.24) is 0 Å². The van der Waals surface area contributed by atoms with Gasteiger partial charge in [0.2, 0.25) is 0 Å². The summed E-state index contributed by atoms with van der Waals surface area (Å²) in [6, 6.07) is 9.19. The van der Waals surface area contributed by atoms with Crippen molar-refractivity contribution >= 4 is 5.78 Å².